The van der Waals surface area contributed by atoms with E-state index in [-0.39, 0.29) is 22.0 Å². The van der Waals surface area contributed by atoms with Crippen molar-refractivity contribution < 1.29 is 4.79 Å². The first-order valence-corrected chi connectivity index (χ1v) is 8.69. The van der Waals surface area contributed by atoms with Gasteiger partial charge in [-0.2, -0.15) is 0 Å². The van der Waals surface area contributed by atoms with Gasteiger partial charge in [-0.25, -0.2) is 9.97 Å². The monoisotopic (exact) mass is 374 g/mol. The number of aromatic nitrogens is 5. The van der Waals surface area contributed by atoms with Gasteiger partial charge in [-0.3, -0.25) is 4.79 Å². The quantitative estimate of drug-likeness (QED) is 0.544. The number of hydrogen-bond acceptors (Lipinski definition) is 6. The van der Waals surface area contributed by atoms with Gasteiger partial charge in [0.25, 0.3) is 5.91 Å². The molecule has 3 heterocycles. The number of carbonyl (C=O) groups is 1. The van der Waals surface area contributed by atoms with Gasteiger partial charge in [-0.15, -0.1) is 10.2 Å². The van der Waals surface area contributed by atoms with E-state index in [0.29, 0.717) is 5.82 Å². The lowest BCUT2D eigenvalue weighted by atomic mass is 10.2. The number of rotatable bonds is 5. The molecule has 0 saturated carbocycles. The molecule has 0 aliphatic carbocycles. The lowest BCUT2D eigenvalue weighted by molar-refractivity contribution is 0.102. The molecule has 0 aromatic carbocycles. The van der Waals surface area contributed by atoms with Crippen molar-refractivity contribution in [3.8, 4) is 0 Å². The maximum absolute atomic E-state index is 12.2. The van der Waals surface area contributed by atoms with Gasteiger partial charge in [0, 0.05) is 18.5 Å². The minimum atomic E-state index is -0.360. The second kappa shape index (κ2) is 7.62. The van der Waals surface area contributed by atoms with E-state index in [4.69, 9.17) is 11.6 Å². The van der Waals surface area contributed by atoms with E-state index in [1.807, 2.05) is 23.7 Å². The molecule has 0 bridgehead atoms. The number of carbonyl (C=O) groups excluding carboxylic acids is 1. The van der Waals surface area contributed by atoms with Crippen LogP contribution in [0.25, 0.3) is 0 Å². The topological polar surface area (TPSA) is 85.6 Å². The molecule has 9 heteroatoms. The summed E-state index contributed by atoms with van der Waals surface area (Å²) < 4.78 is 1.86. The van der Waals surface area contributed by atoms with E-state index in [1.165, 1.54) is 0 Å². The Morgan fingerprint density at radius 1 is 1.36 bits per heavy atom. The average Bonchev–Trinajstić information content (AvgIpc) is 3.00. The molecule has 0 radical (unpaired) electrons. The predicted molar refractivity (Wildman–Crippen MR) is 96.7 cm³/mol. The normalized spacial score (nSPS) is 12.0. The number of aryl methyl sites for hydroxylation is 1. The van der Waals surface area contributed by atoms with Gasteiger partial charge in [-0.1, -0.05) is 29.4 Å². The molecule has 0 aliphatic heterocycles. The number of amides is 1. The summed E-state index contributed by atoms with van der Waals surface area (Å²) >= 11 is 7.39. The van der Waals surface area contributed by atoms with E-state index < -0.39 is 0 Å². The van der Waals surface area contributed by atoms with Gasteiger partial charge in [0.05, 0.1) is 0 Å². The second-order valence-electron chi connectivity index (χ2n) is 5.26. The lowest BCUT2D eigenvalue weighted by Crippen LogP contribution is -2.14. The van der Waals surface area contributed by atoms with Crippen molar-refractivity contribution in [2.75, 3.05) is 5.32 Å². The maximum atomic E-state index is 12.2. The standard InChI is InChI=1S/C16H15ClN6OS/c1-10(25-16-22-19-9-23(16)2)11-6-7-18-14(8-11)21-15(24)12-4-3-5-13(17)20-12/h3-10H,1-2H3,(H,18,21,24). The molecule has 25 heavy (non-hydrogen) atoms. The van der Waals surface area contributed by atoms with Crippen molar-refractivity contribution >= 4 is 35.1 Å². The number of halogens is 1. The summed E-state index contributed by atoms with van der Waals surface area (Å²) in [5.41, 5.74) is 1.25. The first-order chi connectivity index (χ1) is 12.0. The molecule has 3 rings (SSSR count). The summed E-state index contributed by atoms with van der Waals surface area (Å²) in [6, 6.07) is 8.62. The second-order valence-corrected chi connectivity index (χ2v) is 6.95. The van der Waals surface area contributed by atoms with Crippen LogP contribution in [0.2, 0.25) is 5.15 Å². The van der Waals surface area contributed by atoms with Crippen LogP contribution in [0.3, 0.4) is 0 Å². The van der Waals surface area contributed by atoms with Gasteiger partial charge >= 0.3 is 0 Å². The molecular weight excluding hydrogens is 360 g/mol. The third kappa shape index (κ3) is 4.34. The Bertz CT molecular complexity index is 900. The molecule has 0 aliphatic rings. The van der Waals surface area contributed by atoms with Crippen LogP contribution in [-0.4, -0.2) is 30.6 Å². The Hall–Kier alpha value is -2.45. The first-order valence-electron chi connectivity index (χ1n) is 7.43. The number of nitrogens with zero attached hydrogens (tertiary/aromatic N) is 5. The Balaban J connectivity index is 1.73. The SMILES string of the molecule is CC(Sc1nncn1C)c1ccnc(NC(=O)c2cccc(Cl)n2)c1. The first kappa shape index (κ1) is 17.4. The molecule has 0 spiro atoms. The number of anilines is 1. The number of pyridine rings is 2. The lowest BCUT2D eigenvalue weighted by Gasteiger charge is -2.12. The number of hydrogen-bond donors (Lipinski definition) is 1. The van der Waals surface area contributed by atoms with Gasteiger partial charge < -0.3 is 9.88 Å². The predicted octanol–water partition coefficient (Wildman–Crippen LogP) is 3.36. The molecule has 1 unspecified atom stereocenters. The molecule has 3 aromatic heterocycles. The fraction of sp³-hybridized carbons (Fsp3) is 0.188. The highest BCUT2D eigenvalue weighted by Gasteiger charge is 2.14. The van der Waals surface area contributed by atoms with Crippen LogP contribution in [0.4, 0.5) is 5.82 Å². The van der Waals surface area contributed by atoms with E-state index in [9.17, 15) is 4.79 Å². The number of nitrogens with one attached hydrogen (secondary N) is 1. The highest BCUT2D eigenvalue weighted by molar-refractivity contribution is 7.99. The van der Waals surface area contributed by atoms with E-state index in [0.717, 1.165) is 10.7 Å². The van der Waals surface area contributed by atoms with Crippen LogP contribution in [0.1, 0.15) is 28.2 Å². The highest BCUT2D eigenvalue weighted by Crippen LogP contribution is 2.33. The number of thioether (sulfide) groups is 1. The Morgan fingerprint density at radius 2 is 2.20 bits per heavy atom. The Morgan fingerprint density at radius 3 is 2.92 bits per heavy atom. The molecule has 3 aromatic rings. The van der Waals surface area contributed by atoms with Crippen LogP contribution in [0, 0.1) is 0 Å². The van der Waals surface area contributed by atoms with Crippen LogP contribution in [0.15, 0.2) is 48.0 Å². The van der Waals surface area contributed by atoms with Crippen molar-refractivity contribution in [2.45, 2.75) is 17.3 Å². The third-order valence-electron chi connectivity index (χ3n) is 3.39. The zero-order valence-electron chi connectivity index (χ0n) is 13.5. The summed E-state index contributed by atoms with van der Waals surface area (Å²) in [6.45, 7) is 2.05. The molecular formula is C16H15ClN6OS. The fourth-order valence-electron chi connectivity index (χ4n) is 2.09. The van der Waals surface area contributed by atoms with E-state index in [2.05, 4.69) is 32.4 Å². The summed E-state index contributed by atoms with van der Waals surface area (Å²) in [6.07, 6.45) is 3.31. The molecule has 0 saturated heterocycles. The van der Waals surface area contributed by atoms with E-state index in [1.54, 1.807) is 42.5 Å². The van der Waals surface area contributed by atoms with Gasteiger partial charge in [0.1, 0.15) is 23.0 Å². The smallest absolute Gasteiger partial charge is 0.275 e. The van der Waals surface area contributed by atoms with Gasteiger partial charge in [0.2, 0.25) is 0 Å². The van der Waals surface area contributed by atoms with Crippen molar-refractivity contribution in [2.24, 2.45) is 7.05 Å². The maximum Gasteiger partial charge on any atom is 0.275 e. The van der Waals surface area contributed by atoms with Crippen molar-refractivity contribution in [1.29, 1.82) is 0 Å². The van der Waals surface area contributed by atoms with Crippen molar-refractivity contribution in [1.82, 2.24) is 24.7 Å². The van der Waals surface area contributed by atoms with Crippen LogP contribution >= 0.6 is 23.4 Å². The van der Waals surface area contributed by atoms with Gasteiger partial charge in [0.15, 0.2) is 5.16 Å². The summed E-state index contributed by atoms with van der Waals surface area (Å²) in [5.74, 6) is 0.0930. The molecule has 7 nitrogen and oxygen atoms in total. The van der Waals surface area contributed by atoms with E-state index >= 15 is 0 Å². The average molecular weight is 375 g/mol. The summed E-state index contributed by atoms with van der Waals surface area (Å²) in [5, 5.41) is 11.9. The Labute approximate surface area is 153 Å². The largest absolute Gasteiger partial charge is 0.312 e. The fourth-order valence-corrected chi connectivity index (χ4v) is 3.16. The molecule has 1 atom stereocenters. The highest BCUT2D eigenvalue weighted by atomic mass is 35.5. The third-order valence-corrected chi connectivity index (χ3v) is 4.81. The van der Waals surface area contributed by atoms with Crippen molar-refractivity contribution in [3.05, 3.63) is 59.3 Å². The minimum absolute atomic E-state index is 0.117. The van der Waals surface area contributed by atoms with Crippen LogP contribution < -0.4 is 5.32 Å². The molecule has 128 valence electrons. The minimum Gasteiger partial charge on any atom is -0.312 e. The van der Waals surface area contributed by atoms with Crippen LogP contribution in [0.5, 0.6) is 0 Å². The Kier molecular flexibility index (Phi) is 5.30. The summed E-state index contributed by atoms with van der Waals surface area (Å²) in [7, 11) is 1.89. The van der Waals surface area contributed by atoms with Crippen molar-refractivity contribution in [3.63, 3.8) is 0 Å². The zero-order chi connectivity index (χ0) is 17.8. The van der Waals surface area contributed by atoms with Crippen LogP contribution in [-0.2, 0) is 7.05 Å². The van der Waals surface area contributed by atoms with Gasteiger partial charge in [-0.05, 0) is 36.8 Å². The molecule has 1 amide bonds. The zero-order valence-corrected chi connectivity index (χ0v) is 15.1. The molecule has 0 fully saturated rings. The molecule has 1 N–H and O–H groups in total. The summed E-state index contributed by atoms with van der Waals surface area (Å²) in [4.78, 5) is 20.4.